The number of amides is 1. The molecule has 0 aliphatic rings. The Hall–Kier alpha value is -2.36. The fourth-order valence-electron chi connectivity index (χ4n) is 2.14. The summed E-state index contributed by atoms with van der Waals surface area (Å²) in [4.78, 5) is 12.3. The highest BCUT2D eigenvalue weighted by molar-refractivity contribution is 6.08. The molecule has 0 heterocycles. The first-order valence-corrected chi connectivity index (χ1v) is 6.90. The molecule has 110 valence electrons. The summed E-state index contributed by atoms with van der Waals surface area (Å²) in [6.45, 7) is 4.18. The van der Waals surface area contributed by atoms with Crippen molar-refractivity contribution in [1.82, 2.24) is 0 Å². The first kappa shape index (κ1) is 15.0. The number of carbonyl (C=O) groups excluding carboxylic acids is 1. The zero-order valence-corrected chi connectivity index (χ0v) is 12.4. The second-order valence-electron chi connectivity index (χ2n) is 5.15. The monoisotopic (exact) mass is 286 g/mol. The number of carbonyl (C=O) groups is 1. The summed E-state index contributed by atoms with van der Waals surface area (Å²) in [6, 6.07) is 12.1. The highest BCUT2D eigenvalue weighted by Crippen LogP contribution is 2.22. The lowest BCUT2D eigenvalue weighted by molar-refractivity contribution is 0.102. The van der Waals surface area contributed by atoms with Gasteiger partial charge in [0.2, 0.25) is 0 Å². The molecule has 0 saturated heterocycles. The predicted octanol–water partition coefficient (Wildman–Crippen LogP) is 4.24. The van der Waals surface area contributed by atoms with Gasteiger partial charge >= 0.3 is 0 Å². The third-order valence-electron chi connectivity index (χ3n) is 3.32. The van der Waals surface area contributed by atoms with Gasteiger partial charge in [0.15, 0.2) is 0 Å². The van der Waals surface area contributed by atoms with Crippen LogP contribution in [-0.2, 0) is 0 Å². The number of hydrogen-bond acceptors (Lipinski definition) is 2. The number of rotatable bonds is 4. The van der Waals surface area contributed by atoms with Crippen LogP contribution in [0, 0.1) is 5.82 Å². The number of halogens is 1. The first-order valence-electron chi connectivity index (χ1n) is 6.90. The van der Waals surface area contributed by atoms with E-state index in [0.717, 1.165) is 5.56 Å². The summed E-state index contributed by atoms with van der Waals surface area (Å²) in [7, 11) is 1.59. The van der Waals surface area contributed by atoms with Crippen LogP contribution in [-0.4, -0.2) is 13.0 Å². The Bertz CT molecular complexity index is 653. The molecule has 4 heteroatoms. The van der Waals surface area contributed by atoms with E-state index in [4.69, 9.17) is 0 Å². The fraction of sp³-hybridized carbons (Fsp3) is 0.235. The molecular formula is C17H19FN2O. The number of hydrogen-bond donors (Lipinski definition) is 2. The third kappa shape index (κ3) is 3.40. The van der Waals surface area contributed by atoms with Crippen molar-refractivity contribution in [2.24, 2.45) is 0 Å². The SMILES string of the molecule is CNc1c(F)cccc1C(=O)Nc1cccc(C(C)C)c1. The van der Waals surface area contributed by atoms with Crippen molar-refractivity contribution in [2.45, 2.75) is 19.8 Å². The second kappa shape index (κ2) is 6.39. The predicted molar refractivity (Wildman–Crippen MR) is 84.4 cm³/mol. The average molecular weight is 286 g/mol. The van der Waals surface area contributed by atoms with E-state index in [0.29, 0.717) is 11.6 Å². The molecular weight excluding hydrogens is 267 g/mol. The minimum absolute atomic E-state index is 0.204. The molecule has 3 nitrogen and oxygen atoms in total. The zero-order chi connectivity index (χ0) is 15.4. The quantitative estimate of drug-likeness (QED) is 0.882. The van der Waals surface area contributed by atoms with Crippen LogP contribution in [0.5, 0.6) is 0 Å². The standard InChI is InChI=1S/C17H19FN2O/c1-11(2)12-6-4-7-13(10-12)20-17(21)14-8-5-9-15(18)16(14)19-3/h4-11,19H,1-3H3,(H,20,21). The van der Waals surface area contributed by atoms with Crippen LogP contribution >= 0.6 is 0 Å². The van der Waals surface area contributed by atoms with Crippen molar-refractivity contribution >= 4 is 17.3 Å². The molecule has 2 aromatic carbocycles. The van der Waals surface area contributed by atoms with Gasteiger partial charge in [0.25, 0.3) is 5.91 Å². The average Bonchev–Trinajstić information content (AvgIpc) is 2.47. The maximum Gasteiger partial charge on any atom is 0.257 e. The smallest absolute Gasteiger partial charge is 0.257 e. The maximum atomic E-state index is 13.7. The first-order chi connectivity index (χ1) is 10.0. The summed E-state index contributed by atoms with van der Waals surface area (Å²) < 4.78 is 13.7. The van der Waals surface area contributed by atoms with Gasteiger partial charge in [0, 0.05) is 12.7 Å². The van der Waals surface area contributed by atoms with Crippen LogP contribution in [0.15, 0.2) is 42.5 Å². The van der Waals surface area contributed by atoms with Crippen LogP contribution in [0.25, 0.3) is 0 Å². The van der Waals surface area contributed by atoms with Gasteiger partial charge < -0.3 is 10.6 Å². The molecule has 0 fully saturated rings. The maximum absolute atomic E-state index is 13.7. The van der Waals surface area contributed by atoms with Crippen LogP contribution in [0.4, 0.5) is 15.8 Å². The molecule has 0 aliphatic heterocycles. The lowest BCUT2D eigenvalue weighted by Gasteiger charge is -2.12. The highest BCUT2D eigenvalue weighted by atomic mass is 19.1. The molecule has 0 radical (unpaired) electrons. The van der Waals surface area contributed by atoms with Gasteiger partial charge in [-0.25, -0.2) is 4.39 Å². The van der Waals surface area contributed by atoms with E-state index < -0.39 is 5.82 Å². The van der Waals surface area contributed by atoms with E-state index >= 15 is 0 Å². The van der Waals surface area contributed by atoms with E-state index in [2.05, 4.69) is 24.5 Å². The molecule has 21 heavy (non-hydrogen) atoms. The normalized spacial score (nSPS) is 10.5. The number of benzene rings is 2. The summed E-state index contributed by atoms with van der Waals surface area (Å²) in [5.41, 5.74) is 2.33. The van der Waals surface area contributed by atoms with Crippen molar-refractivity contribution < 1.29 is 9.18 Å². The Morgan fingerprint density at radius 1 is 1.14 bits per heavy atom. The van der Waals surface area contributed by atoms with Gasteiger partial charge in [-0.15, -0.1) is 0 Å². The van der Waals surface area contributed by atoms with E-state index in [9.17, 15) is 9.18 Å². The second-order valence-corrected chi connectivity index (χ2v) is 5.15. The van der Waals surface area contributed by atoms with Gasteiger partial charge in [-0.05, 0) is 35.7 Å². The molecule has 2 N–H and O–H groups in total. The van der Waals surface area contributed by atoms with E-state index in [1.54, 1.807) is 13.1 Å². The molecule has 0 aliphatic carbocycles. The Labute approximate surface area is 124 Å². The Morgan fingerprint density at radius 2 is 1.86 bits per heavy atom. The third-order valence-corrected chi connectivity index (χ3v) is 3.32. The summed E-state index contributed by atoms with van der Waals surface area (Å²) >= 11 is 0. The Morgan fingerprint density at radius 3 is 2.52 bits per heavy atom. The molecule has 0 atom stereocenters. The number of anilines is 2. The van der Waals surface area contributed by atoms with Gasteiger partial charge in [0.05, 0.1) is 11.3 Å². The van der Waals surface area contributed by atoms with Crippen molar-refractivity contribution in [2.75, 3.05) is 17.7 Å². The molecule has 0 spiro atoms. The minimum atomic E-state index is -0.443. The van der Waals surface area contributed by atoms with E-state index in [-0.39, 0.29) is 17.2 Å². The van der Waals surface area contributed by atoms with Crippen LogP contribution in [0.2, 0.25) is 0 Å². The summed E-state index contributed by atoms with van der Waals surface area (Å²) in [5, 5.41) is 5.53. The summed E-state index contributed by atoms with van der Waals surface area (Å²) in [5.74, 6) is -0.398. The van der Waals surface area contributed by atoms with Gasteiger partial charge in [-0.2, -0.15) is 0 Å². The summed E-state index contributed by atoms with van der Waals surface area (Å²) in [6.07, 6.45) is 0. The van der Waals surface area contributed by atoms with Crippen molar-refractivity contribution in [1.29, 1.82) is 0 Å². The van der Waals surface area contributed by atoms with E-state index in [1.807, 2.05) is 24.3 Å². The molecule has 0 unspecified atom stereocenters. The zero-order valence-electron chi connectivity index (χ0n) is 12.4. The molecule has 0 bridgehead atoms. The molecule has 2 rings (SSSR count). The molecule has 2 aromatic rings. The van der Waals surface area contributed by atoms with Crippen LogP contribution < -0.4 is 10.6 Å². The number of nitrogens with one attached hydrogen (secondary N) is 2. The lowest BCUT2D eigenvalue weighted by Crippen LogP contribution is -2.15. The highest BCUT2D eigenvalue weighted by Gasteiger charge is 2.14. The Balaban J connectivity index is 2.26. The minimum Gasteiger partial charge on any atom is -0.385 e. The van der Waals surface area contributed by atoms with Crippen molar-refractivity contribution in [3.8, 4) is 0 Å². The van der Waals surface area contributed by atoms with Crippen LogP contribution in [0.1, 0.15) is 35.7 Å². The van der Waals surface area contributed by atoms with Gasteiger partial charge in [-0.1, -0.05) is 32.0 Å². The molecule has 1 amide bonds. The largest absolute Gasteiger partial charge is 0.385 e. The fourth-order valence-corrected chi connectivity index (χ4v) is 2.14. The van der Waals surface area contributed by atoms with Gasteiger partial charge in [0.1, 0.15) is 5.82 Å². The lowest BCUT2D eigenvalue weighted by atomic mass is 10.0. The van der Waals surface area contributed by atoms with Crippen molar-refractivity contribution in [3.63, 3.8) is 0 Å². The van der Waals surface area contributed by atoms with Crippen LogP contribution in [0.3, 0.4) is 0 Å². The van der Waals surface area contributed by atoms with Crippen molar-refractivity contribution in [3.05, 3.63) is 59.4 Å². The van der Waals surface area contributed by atoms with E-state index in [1.165, 1.54) is 12.1 Å². The topological polar surface area (TPSA) is 41.1 Å². The molecule has 0 saturated carbocycles. The Kier molecular flexibility index (Phi) is 4.58. The molecule has 0 aromatic heterocycles. The number of para-hydroxylation sites is 1. The van der Waals surface area contributed by atoms with Gasteiger partial charge in [-0.3, -0.25) is 4.79 Å².